The molecule has 0 aromatic heterocycles. The Labute approximate surface area is 128 Å². The largest absolute Gasteiger partial charge is 0.469 e. The van der Waals surface area contributed by atoms with Crippen molar-refractivity contribution in [1.82, 2.24) is 5.32 Å². The van der Waals surface area contributed by atoms with E-state index < -0.39 is 0 Å². The minimum absolute atomic E-state index is 0.162. The van der Waals surface area contributed by atoms with Gasteiger partial charge in [0, 0.05) is 12.6 Å². The molecule has 0 amide bonds. The zero-order chi connectivity index (χ0) is 15.1. The molecule has 1 saturated carbocycles. The summed E-state index contributed by atoms with van der Waals surface area (Å²) in [5.41, 5.74) is 1.02. The minimum atomic E-state index is -0.220. The maximum Gasteiger partial charge on any atom is 0.314 e. The van der Waals surface area contributed by atoms with Crippen LogP contribution in [0, 0.1) is 5.92 Å². The molecule has 3 heteroatoms. The van der Waals surface area contributed by atoms with E-state index in [9.17, 15) is 4.79 Å². The smallest absolute Gasteiger partial charge is 0.314 e. The molecule has 1 unspecified atom stereocenters. The van der Waals surface area contributed by atoms with Crippen molar-refractivity contribution in [2.45, 2.75) is 51.0 Å². The van der Waals surface area contributed by atoms with Gasteiger partial charge < -0.3 is 10.1 Å². The molecule has 0 saturated heterocycles. The molecule has 1 aromatic carbocycles. The number of rotatable bonds is 6. The van der Waals surface area contributed by atoms with Crippen LogP contribution >= 0.6 is 0 Å². The van der Waals surface area contributed by atoms with Gasteiger partial charge in [0.2, 0.25) is 0 Å². The molecule has 0 spiro atoms. The number of carbonyl (C=O) groups is 1. The third kappa shape index (κ3) is 4.57. The molecule has 2 rings (SSSR count). The predicted octanol–water partition coefficient (Wildman–Crippen LogP) is 3.50. The molecule has 1 aromatic rings. The van der Waals surface area contributed by atoms with Gasteiger partial charge in [-0.3, -0.25) is 4.79 Å². The van der Waals surface area contributed by atoms with E-state index in [2.05, 4.69) is 12.2 Å². The Balaban J connectivity index is 1.94. The monoisotopic (exact) mass is 289 g/mol. The van der Waals surface area contributed by atoms with E-state index in [4.69, 9.17) is 4.74 Å². The van der Waals surface area contributed by atoms with Crippen molar-refractivity contribution >= 4 is 5.97 Å². The van der Waals surface area contributed by atoms with Crippen molar-refractivity contribution in [3.05, 3.63) is 35.9 Å². The maximum atomic E-state index is 12.0. The van der Waals surface area contributed by atoms with Gasteiger partial charge >= 0.3 is 5.97 Å². The van der Waals surface area contributed by atoms with Crippen LogP contribution in [0.4, 0.5) is 0 Å². The van der Waals surface area contributed by atoms with Crippen molar-refractivity contribution in [2.24, 2.45) is 5.92 Å². The first-order chi connectivity index (χ1) is 10.2. The van der Waals surface area contributed by atoms with E-state index in [0.717, 1.165) is 11.5 Å². The highest BCUT2D eigenvalue weighted by Gasteiger charge is 2.24. The second-order valence-corrected chi connectivity index (χ2v) is 6.08. The summed E-state index contributed by atoms with van der Waals surface area (Å²) in [6, 6.07) is 10.4. The Morgan fingerprint density at radius 3 is 2.52 bits per heavy atom. The Kier molecular flexibility index (Phi) is 6.24. The van der Waals surface area contributed by atoms with Crippen LogP contribution in [0.1, 0.15) is 50.5 Å². The molecule has 1 fully saturated rings. The fourth-order valence-corrected chi connectivity index (χ4v) is 3.27. The molecule has 1 N–H and O–H groups in total. The highest BCUT2D eigenvalue weighted by atomic mass is 16.5. The van der Waals surface area contributed by atoms with Crippen LogP contribution < -0.4 is 5.32 Å². The van der Waals surface area contributed by atoms with E-state index in [0.29, 0.717) is 12.6 Å². The van der Waals surface area contributed by atoms with Crippen LogP contribution in [0.2, 0.25) is 0 Å². The molecule has 0 bridgehead atoms. The summed E-state index contributed by atoms with van der Waals surface area (Å²) < 4.78 is 4.97. The van der Waals surface area contributed by atoms with Gasteiger partial charge in [-0.05, 0) is 31.2 Å². The summed E-state index contributed by atoms with van der Waals surface area (Å²) >= 11 is 0. The van der Waals surface area contributed by atoms with Gasteiger partial charge in [-0.1, -0.05) is 49.6 Å². The van der Waals surface area contributed by atoms with Gasteiger partial charge in [0.1, 0.15) is 0 Å². The van der Waals surface area contributed by atoms with Crippen molar-refractivity contribution in [3.8, 4) is 0 Å². The van der Waals surface area contributed by atoms with Crippen LogP contribution in [-0.4, -0.2) is 25.7 Å². The van der Waals surface area contributed by atoms with Crippen molar-refractivity contribution in [2.75, 3.05) is 13.7 Å². The van der Waals surface area contributed by atoms with E-state index in [1.807, 2.05) is 30.3 Å². The molecule has 0 aliphatic heterocycles. The van der Waals surface area contributed by atoms with E-state index in [1.54, 1.807) is 0 Å². The Morgan fingerprint density at radius 2 is 1.90 bits per heavy atom. The highest BCUT2D eigenvalue weighted by Crippen LogP contribution is 2.26. The lowest BCUT2D eigenvalue weighted by atomic mass is 9.84. The number of nitrogens with one attached hydrogen (secondary N) is 1. The second-order valence-electron chi connectivity index (χ2n) is 6.08. The second kappa shape index (κ2) is 8.18. The summed E-state index contributed by atoms with van der Waals surface area (Å²) in [7, 11) is 1.46. The fourth-order valence-electron chi connectivity index (χ4n) is 3.27. The van der Waals surface area contributed by atoms with Gasteiger partial charge in [-0.15, -0.1) is 0 Å². The number of esters is 1. The third-order valence-corrected chi connectivity index (χ3v) is 4.69. The molecule has 21 heavy (non-hydrogen) atoms. The quantitative estimate of drug-likeness (QED) is 0.815. The standard InChI is InChI=1S/C18H27NO2/c1-14(15-9-5-3-6-10-15)19-13-17(18(20)21-2)16-11-7-4-8-12-16/h4,7-8,11-12,14-15,17,19H,3,5-6,9-10,13H2,1-2H3/t14-,17?/m0/s1. The first kappa shape index (κ1) is 16.0. The fraction of sp³-hybridized carbons (Fsp3) is 0.611. The number of benzene rings is 1. The molecule has 0 heterocycles. The van der Waals surface area contributed by atoms with Gasteiger partial charge in [-0.2, -0.15) is 0 Å². The summed E-state index contributed by atoms with van der Waals surface area (Å²) in [6.45, 7) is 2.89. The number of hydrogen-bond donors (Lipinski definition) is 1. The first-order valence-corrected chi connectivity index (χ1v) is 8.08. The SMILES string of the molecule is COC(=O)C(CN[C@@H](C)C1CCCCC1)c1ccccc1. The molecule has 3 nitrogen and oxygen atoms in total. The van der Waals surface area contributed by atoms with Crippen LogP contribution in [-0.2, 0) is 9.53 Å². The van der Waals surface area contributed by atoms with E-state index >= 15 is 0 Å². The lowest BCUT2D eigenvalue weighted by Crippen LogP contribution is -2.38. The van der Waals surface area contributed by atoms with Crippen molar-refractivity contribution < 1.29 is 9.53 Å². The number of ether oxygens (including phenoxy) is 1. The van der Waals surface area contributed by atoms with Crippen LogP contribution in [0.15, 0.2) is 30.3 Å². The molecule has 1 aliphatic carbocycles. The van der Waals surface area contributed by atoms with Gasteiger partial charge in [0.05, 0.1) is 13.0 Å². The molecule has 1 aliphatic rings. The van der Waals surface area contributed by atoms with Crippen LogP contribution in [0.5, 0.6) is 0 Å². The summed E-state index contributed by atoms with van der Waals surface area (Å²) in [6.07, 6.45) is 6.68. The lowest BCUT2D eigenvalue weighted by Gasteiger charge is -2.29. The zero-order valence-electron chi connectivity index (χ0n) is 13.2. The average Bonchev–Trinajstić information content (AvgIpc) is 2.56. The average molecular weight is 289 g/mol. The molecular weight excluding hydrogens is 262 g/mol. The minimum Gasteiger partial charge on any atom is -0.469 e. The third-order valence-electron chi connectivity index (χ3n) is 4.69. The number of methoxy groups -OCH3 is 1. The van der Waals surface area contributed by atoms with E-state index in [1.165, 1.54) is 39.2 Å². The van der Waals surface area contributed by atoms with Crippen LogP contribution in [0.25, 0.3) is 0 Å². The summed E-state index contributed by atoms with van der Waals surface area (Å²) in [5, 5.41) is 3.57. The van der Waals surface area contributed by atoms with Crippen molar-refractivity contribution in [1.29, 1.82) is 0 Å². The summed E-state index contributed by atoms with van der Waals surface area (Å²) in [4.78, 5) is 12.0. The van der Waals surface area contributed by atoms with Gasteiger partial charge in [0.25, 0.3) is 0 Å². The molecule has 116 valence electrons. The Hall–Kier alpha value is -1.35. The highest BCUT2D eigenvalue weighted by molar-refractivity contribution is 5.78. The number of hydrogen-bond acceptors (Lipinski definition) is 3. The predicted molar refractivity (Wildman–Crippen MR) is 85.2 cm³/mol. The molecule has 2 atom stereocenters. The topological polar surface area (TPSA) is 38.3 Å². The van der Waals surface area contributed by atoms with Crippen molar-refractivity contribution in [3.63, 3.8) is 0 Å². The zero-order valence-corrected chi connectivity index (χ0v) is 13.2. The lowest BCUT2D eigenvalue weighted by molar-refractivity contribution is -0.142. The molecular formula is C18H27NO2. The summed E-state index contributed by atoms with van der Waals surface area (Å²) in [5.74, 6) is 0.361. The first-order valence-electron chi connectivity index (χ1n) is 8.08. The van der Waals surface area contributed by atoms with E-state index in [-0.39, 0.29) is 11.9 Å². The Morgan fingerprint density at radius 1 is 1.24 bits per heavy atom. The molecule has 0 radical (unpaired) electrons. The Bertz CT molecular complexity index is 426. The van der Waals surface area contributed by atoms with Gasteiger partial charge in [0.15, 0.2) is 0 Å². The number of carbonyl (C=O) groups excluding carboxylic acids is 1. The van der Waals surface area contributed by atoms with Gasteiger partial charge in [-0.25, -0.2) is 0 Å². The normalized spacial score (nSPS) is 19.0. The van der Waals surface area contributed by atoms with Crippen LogP contribution in [0.3, 0.4) is 0 Å². The maximum absolute atomic E-state index is 12.0.